The fourth-order valence-electron chi connectivity index (χ4n) is 5.71. The first-order valence-corrected chi connectivity index (χ1v) is 12.0. The molecule has 174 valence electrons. The Kier molecular flexibility index (Phi) is 6.35. The van der Waals surface area contributed by atoms with Crippen molar-refractivity contribution in [3.05, 3.63) is 29.8 Å². The second kappa shape index (κ2) is 9.37. The molecule has 0 aliphatic carbocycles. The van der Waals surface area contributed by atoms with Gasteiger partial charge in [0.1, 0.15) is 11.8 Å². The Balaban J connectivity index is 1.33. The predicted molar refractivity (Wildman–Crippen MR) is 119 cm³/mol. The zero-order valence-corrected chi connectivity index (χ0v) is 18.6. The SMILES string of the molecule is N[C@H](C(=O)N1C[C@H]2CCCN2C[C@H]1C(=O)N[C@@H]1CCOc2ccccc21)C1CCOCC1. The number of carbonyl (C=O) groups is 2. The minimum Gasteiger partial charge on any atom is -0.493 e. The molecular weight excluding hydrogens is 408 g/mol. The van der Waals surface area contributed by atoms with Crippen LogP contribution in [0.4, 0.5) is 0 Å². The lowest BCUT2D eigenvalue weighted by molar-refractivity contribution is -0.148. The number of rotatable bonds is 4. The van der Waals surface area contributed by atoms with Crippen molar-refractivity contribution in [2.24, 2.45) is 11.7 Å². The molecule has 0 bridgehead atoms. The van der Waals surface area contributed by atoms with Gasteiger partial charge >= 0.3 is 0 Å². The van der Waals surface area contributed by atoms with Crippen molar-refractivity contribution < 1.29 is 19.1 Å². The summed E-state index contributed by atoms with van der Waals surface area (Å²) >= 11 is 0. The maximum absolute atomic E-state index is 13.5. The zero-order valence-electron chi connectivity index (χ0n) is 18.6. The summed E-state index contributed by atoms with van der Waals surface area (Å²) in [4.78, 5) is 31.2. The summed E-state index contributed by atoms with van der Waals surface area (Å²) in [5, 5.41) is 3.23. The minimum absolute atomic E-state index is 0.0871. The second-order valence-electron chi connectivity index (χ2n) is 9.51. The van der Waals surface area contributed by atoms with Gasteiger partial charge in [0, 0.05) is 44.3 Å². The first-order valence-electron chi connectivity index (χ1n) is 12.0. The van der Waals surface area contributed by atoms with Crippen molar-refractivity contribution in [3.63, 3.8) is 0 Å². The Morgan fingerprint density at radius 3 is 2.72 bits per heavy atom. The number of fused-ring (bicyclic) bond motifs is 2. The van der Waals surface area contributed by atoms with E-state index in [1.165, 1.54) is 0 Å². The quantitative estimate of drug-likeness (QED) is 0.724. The van der Waals surface area contributed by atoms with Crippen molar-refractivity contribution in [2.75, 3.05) is 39.5 Å². The molecule has 32 heavy (non-hydrogen) atoms. The van der Waals surface area contributed by atoms with Gasteiger partial charge in [0.2, 0.25) is 11.8 Å². The normalized spacial score (nSPS) is 29.5. The van der Waals surface area contributed by atoms with E-state index < -0.39 is 12.1 Å². The molecule has 1 aromatic rings. The number of hydrogen-bond donors (Lipinski definition) is 2. The molecule has 3 fully saturated rings. The van der Waals surface area contributed by atoms with E-state index >= 15 is 0 Å². The first-order chi connectivity index (χ1) is 15.6. The molecule has 3 saturated heterocycles. The molecule has 1 aromatic carbocycles. The molecule has 0 radical (unpaired) electrons. The third kappa shape index (κ3) is 4.23. The van der Waals surface area contributed by atoms with Gasteiger partial charge in [-0.25, -0.2) is 0 Å². The molecule has 0 unspecified atom stereocenters. The number of amides is 2. The van der Waals surface area contributed by atoms with Gasteiger partial charge in [0.05, 0.1) is 18.7 Å². The fourth-order valence-corrected chi connectivity index (χ4v) is 5.71. The van der Waals surface area contributed by atoms with Crippen LogP contribution in [-0.2, 0) is 14.3 Å². The highest BCUT2D eigenvalue weighted by atomic mass is 16.5. The smallest absolute Gasteiger partial charge is 0.244 e. The highest BCUT2D eigenvalue weighted by Crippen LogP contribution is 2.32. The van der Waals surface area contributed by atoms with Crippen molar-refractivity contribution in [1.82, 2.24) is 15.1 Å². The molecule has 4 aliphatic rings. The standard InChI is InChI=1S/C24H34N4O4/c25-22(16-7-11-31-12-8-16)24(30)28-14-17-4-3-10-27(17)15-20(28)23(29)26-19-9-13-32-21-6-2-1-5-18(19)21/h1-2,5-6,16-17,19-20,22H,3-4,7-15,25H2,(H,26,29)/t17-,19-,20+,22+/m1/s1. The molecule has 8 nitrogen and oxygen atoms in total. The molecule has 4 aliphatic heterocycles. The second-order valence-corrected chi connectivity index (χ2v) is 9.51. The Morgan fingerprint density at radius 2 is 1.88 bits per heavy atom. The molecule has 2 amide bonds. The van der Waals surface area contributed by atoms with Gasteiger partial charge in [0.15, 0.2) is 0 Å². The molecule has 5 rings (SSSR count). The largest absolute Gasteiger partial charge is 0.493 e. The van der Waals surface area contributed by atoms with Crippen molar-refractivity contribution in [1.29, 1.82) is 0 Å². The number of hydrogen-bond acceptors (Lipinski definition) is 6. The molecule has 0 aromatic heterocycles. The van der Waals surface area contributed by atoms with E-state index in [9.17, 15) is 9.59 Å². The summed E-state index contributed by atoms with van der Waals surface area (Å²) in [7, 11) is 0. The number of para-hydroxylation sites is 1. The highest BCUT2D eigenvalue weighted by molar-refractivity contribution is 5.90. The van der Waals surface area contributed by atoms with E-state index in [2.05, 4.69) is 10.2 Å². The van der Waals surface area contributed by atoms with Crippen LogP contribution in [0.3, 0.4) is 0 Å². The van der Waals surface area contributed by atoms with Gasteiger partial charge in [-0.3, -0.25) is 14.5 Å². The molecular formula is C24H34N4O4. The molecule has 4 atom stereocenters. The van der Waals surface area contributed by atoms with Crippen LogP contribution in [0.2, 0.25) is 0 Å². The monoisotopic (exact) mass is 442 g/mol. The van der Waals surface area contributed by atoms with Crippen LogP contribution in [0, 0.1) is 5.92 Å². The summed E-state index contributed by atoms with van der Waals surface area (Å²) in [6, 6.07) is 6.97. The van der Waals surface area contributed by atoms with Crippen LogP contribution >= 0.6 is 0 Å². The fraction of sp³-hybridized carbons (Fsp3) is 0.667. The van der Waals surface area contributed by atoms with E-state index in [0.717, 1.165) is 50.0 Å². The topological polar surface area (TPSA) is 97.1 Å². The summed E-state index contributed by atoms with van der Waals surface area (Å²) in [6.45, 7) is 4.01. The lowest BCUT2D eigenvalue weighted by Gasteiger charge is -2.45. The predicted octanol–water partition coefficient (Wildman–Crippen LogP) is 1.06. The third-order valence-corrected chi connectivity index (χ3v) is 7.61. The third-order valence-electron chi connectivity index (χ3n) is 7.61. The van der Waals surface area contributed by atoms with Gasteiger partial charge in [-0.1, -0.05) is 18.2 Å². The van der Waals surface area contributed by atoms with Crippen molar-refractivity contribution >= 4 is 11.8 Å². The molecule has 4 heterocycles. The van der Waals surface area contributed by atoms with E-state index in [4.69, 9.17) is 15.2 Å². The highest BCUT2D eigenvalue weighted by Gasteiger charge is 2.44. The van der Waals surface area contributed by atoms with Gasteiger partial charge < -0.3 is 25.4 Å². The summed E-state index contributed by atoms with van der Waals surface area (Å²) in [5.41, 5.74) is 7.46. The lowest BCUT2D eigenvalue weighted by atomic mass is 9.90. The van der Waals surface area contributed by atoms with Crippen molar-refractivity contribution in [2.45, 2.75) is 56.3 Å². The Bertz CT molecular complexity index is 843. The average molecular weight is 443 g/mol. The number of benzene rings is 1. The van der Waals surface area contributed by atoms with Gasteiger partial charge in [-0.15, -0.1) is 0 Å². The maximum atomic E-state index is 13.5. The van der Waals surface area contributed by atoms with Crippen LogP contribution < -0.4 is 15.8 Å². The van der Waals surface area contributed by atoms with Crippen LogP contribution in [0.1, 0.15) is 43.7 Å². The summed E-state index contributed by atoms with van der Waals surface area (Å²) in [6.07, 6.45) is 4.49. The molecule has 0 saturated carbocycles. The van der Waals surface area contributed by atoms with Gasteiger partial charge in [-0.2, -0.15) is 0 Å². The maximum Gasteiger partial charge on any atom is 0.244 e. The number of piperazine rings is 1. The van der Waals surface area contributed by atoms with Crippen LogP contribution in [0.25, 0.3) is 0 Å². The van der Waals surface area contributed by atoms with E-state index in [1.807, 2.05) is 24.3 Å². The van der Waals surface area contributed by atoms with E-state index in [1.54, 1.807) is 4.90 Å². The minimum atomic E-state index is -0.578. The van der Waals surface area contributed by atoms with Crippen molar-refractivity contribution in [3.8, 4) is 5.75 Å². The number of ether oxygens (including phenoxy) is 2. The summed E-state index contributed by atoms with van der Waals surface area (Å²) < 4.78 is 11.2. The Hall–Kier alpha value is -2.16. The van der Waals surface area contributed by atoms with Gasteiger partial charge in [-0.05, 0) is 44.2 Å². The van der Waals surface area contributed by atoms with Crippen LogP contribution in [-0.4, -0.2) is 79.2 Å². The van der Waals surface area contributed by atoms with Gasteiger partial charge in [0.25, 0.3) is 0 Å². The molecule has 0 spiro atoms. The number of nitrogens with one attached hydrogen (secondary N) is 1. The van der Waals surface area contributed by atoms with E-state index in [-0.39, 0.29) is 23.8 Å². The lowest BCUT2D eigenvalue weighted by Crippen LogP contribution is -2.65. The Labute approximate surface area is 189 Å². The van der Waals surface area contributed by atoms with Crippen LogP contribution in [0.15, 0.2) is 24.3 Å². The molecule has 8 heteroatoms. The Morgan fingerprint density at radius 1 is 1.06 bits per heavy atom. The zero-order chi connectivity index (χ0) is 22.1. The number of nitrogens with two attached hydrogens (primary N) is 1. The average Bonchev–Trinajstić information content (AvgIpc) is 3.31. The molecule has 3 N–H and O–H groups in total. The number of nitrogens with zero attached hydrogens (tertiary/aromatic N) is 2. The van der Waals surface area contributed by atoms with Crippen LogP contribution in [0.5, 0.6) is 5.75 Å². The first kappa shape index (κ1) is 21.7. The summed E-state index contributed by atoms with van der Waals surface area (Å²) in [5.74, 6) is 0.756. The van der Waals surface area contributed by atoms with E-state index in [0.29, 0.717) is 39.0 Å². The number of carbonyl (C=O) groups excluding carboxylic acids is 2.